The highest BCUT2D eigenvalue weighted by atomic mass is 16.5. The second-order valence-electron chi connectivity index (χ2n) is 4.00. The summed E-state index contributed by atoms with van der Waals surface area (Å²) in [5.74, 6) is 0.699. The van der Waals surface area contributed by atoms with Crippen molar-refractivity contribution in [3.63, 3.8) is 0 Å². The van der Waals surface area contributed by atoms with Crippen LogP contribution in [0.3, 0.4) is 0 Å². The largest absolute Gasteiger partial charge is 0.491 e. The lowest BCUT2D eigenvalue weighted by Gasteiger charge is -2.18. The number of nitrogen functional groups attached to an aromatic ring is 1. The van der Waals surface area contributed by atoms with E-state index in [0.29, 0.717) is 18.0 Å². The van der Waals surface area contributed by atoms with Crippen LogP contribution in [0.5, 0.6) is 5.75 Å². The molecule has 0 fully saturated rings. The average Bonchev–Trinajstić information content (AvgIpc) is 2.36. The molecule has 1 aromatic carbocycles. The molecule has 0 aliphatic carbocycles. The monoisotopic (exact) mass is 238 g/mol. The number of nitrogens with two attached hydrogens (primary N) is 1. The molecule has 17 heavy (non-hydrogen) atoms. The standard InChI is InChI=1S/C13H22N2O2/c1-3-8-17-12-7-5-6-11(13(12)14)15-10(4-2)9-16/h5-7,10,15-16H,3-4,8-9,14H2,1-2H3. The van der Waals surface area contributed by atoms with E-state index in [-0.39, 0.29) is 12.6 Å². The van der Waals surface area contributed by atoms with Crippen LogP contribution >= 0.6 is 0 Å². The molecule has 96 valence electrons. The first kappa shape index (κ1) is 13.6. The van der Waals surface area contributed by atoms with Gasteiger partial charge >= 0.3 is 0 Å². The molecule has 4 heteroatoms. The van der Waals surface area contributed by atoms with Gasteiger partial charge < -0.3 is 20.9 Å². The molecule has 0 heterocycles. The zero-order chi connectivity index (χ0) is 12.7. The van der Waals surface area contributed by atoms with Crippen molar-refractivity contribution in [2.24, 2.45) is 0 Å². The maximum atomic E-state index is 9.15. The van der Waals surface area contributed by atoms with Crippen LogP contribution in [0.15, 0.2) is 18.2 Å². The molecule has 0 amide bonds. The van der Waals surface area contributed by atoms with Crippen molar-refractivity contribution in [2.75, 3.05) is 24.3 Å². The Labute approximate surface area is 103 Å². The summed E-state index contributed by atoms with van der Waals surface area (Å²) < 4.78 is 5.55. The predicted molar refractivity (Wildman–Crippen MR) is 71.4 cm³/mol. The van der Waals surface area contributed by atoms with E-state index in [9.17, 15) is 0 Å². The molecule has 0 spiro atoms. The van der Waals surface area contributed by atoms with Crippen LogP contribution < -0.4 is 15.8 Å². The molecule has 0 saturated carbocycles. The molecular weight excluding hydrogens is 216 g/mol. The lowest BCUT2D eigenvalue weighted by molar-refractivity contribution is 0.272. The van der Waals surface area contributed by atoms with Crippen LogP contribution in [0.25, 0.3) is 0 Å². The smallest absolute Gasteiger partial charge is 0.144 e. The van der Waals surface area contributed by atoms with Gasteiger partial charge in [0, 0.05) is 6.04 Å². The van der Waals surface area contributed by atoms with Gasteiger partial charge in [-0.05, 0) is 25.0 Å². The number of benzene rings is 1. The molecule has 0 saturated heterocycles. The summed E-state index contributed by atoms with van der Waals surface area (Å²) in [6.07, 6.45) is 1.79. The average molecular weight is 238 g/mol. The first-order chi connectivity index (χ1) is 8.22. The van der Waals surface area contributed by atoms with Crippen LogP contribution in [0.1, 0.15) is 26.7 Å². The summed E-state index contributed by atoms with van der Waals surface area (Å²) >= 11 is 0. The molecule has 4 N–H and O–H groups in total. The van der Waals surface area contributed by atoms with Crippen LogP contribution in [0, 0.1) is 0 Å². The van der Waals surface area contributed by atoms with Gasteiger partial charge in [0.1, 0.15) is 5.75 Å². The minimum Gasteiger partial charge on any atom is -0.491 e. The van der Waals surface area contributed by atoms with Crippen LogP contribution in [0.4, 0.5) is 11.4 Å². The van der Waals surface area contributed by atoms with Gasteiger partial charge in [0.2, 0.25) is 0 Å². The normalized spacial score (nSPS) is 12.2. The fourth-order valence-electron chi connectivity index (χ4n) is 1.50. The molecule has 0 radical (unpaired) electrons. The van der Waals surface area contributed by atoms with E-state index < -0.39 is 0 Å². The Morgan fingerprint density at radius 3 is 2.76 bits per heavy atom. The zero-order valence-corrected chi connectivity index (χ0v) is 10.6. The summed E-state index contributed by atoms with van der Waals surface area (Å²) in [6, 6.07) is 5.68. The number of ether oxygens (including phenoxy) is 1. The third-order valence-corrected chi connectivity index (χ3v) is 2.60. The Morgan fingerprint density at radius 2 is 2.18 bits per heavy atom. The van der Waals surface area contributed by atoms with Gasteiger partial charge in [0.15, 0.2) is 0 Å². The minimum atomic E-state index is 0.0266. The number of aliphatic hydroxyl groups excluding tert-OH is 1. The van der Waals surface area contributed by atoms with Gasteiger partial charge in [0.05, 0.1) is 24.6 Å². The summed E-state index contributed by atoms with van der Waals surface area (Å²) in [5, 5.41) is 12.4. The van der Waals surface area contributed by atoms with Crippen molar-refractivity contribution >= 4 is 11.4 Å². The molecule has 1 atom stereocenters. The van der Waals surface area contributed by atoms with Crippen molar-refractivity contribution in [1.82, 2.24) is 0 Å². The fourth-order valence-corrected chi connectivity index (χ4v) is 1.50. The molecule has 4 nitrogen and oxygen atoms in total. The molecule has 1 aromatic rings. The third kappa shape index (κ3) is 3.82. The molecule has 1 unspecified atom stereocenters. The highest BCUT2D eigenvalue weighted by Crippen LogP contribution is 2.30. The minimum absolute atomic E-state index is 0.0266. The molecule has 0 bridgehead atoms. The molecule has 0 aliphatic heterocycles. The van der Waals surface area contributed by atoms with Gasteiger partial charge in [-0.25, -0.2) is 0 Å². The number of hydrogen-bond donors (Lipinski definition) is 3. The Hall–Kier alpha value is -1.42. The van der Waals surface area contributed by atoms with Crippen molar-refractivity contribution in [2.45, 2.75) is 32.7 Å². The third-order valence-electron chi connectivity index (χ3n) is 2.60. The lowest BCUT2D eigenvalue weighted by Crippen LogP contribution is -2.23. The van der Waals surface area contributed by atoms with Crippen molar-refractivity contribution in [3.05, 3.63) is 18.2 Å². The van der Waals surface area contributed by atoms with Crippen LogP contribution in [-0.4, -0.2) is 24.4 Å². The summed E-state index contributed by atoms with van der Waals surface area (Å²) in [5.41, 5.74) is 7.44. The lowest BCUT2D eigenvalue weighted by atomic mass is 10.2. The van der Waals surface area contributed by atoms with E-state index in [2.05, 4.69) is 12.2 Å². The van der Waals surface area contributed by atoms with E-state index in [1.165, 1.54) is 0 Å². The highest BCUT2D eigenvalue weighted by Gasteiger charge is 2.09. The van der Waals surface area contributed by atoms with E-state index in [1.807, 2.05) is 25.1 Å². The van der Waals surface area contributed by atoms with Crippen LogP contribution in [-0.2, 0) is 0 Å². The van der Waals surface area contributed by atoms with E-state index >= 15 is 0 Å². The number of nitrogens with one attached hydrogen (secondary N) is 1. The second kappa shape index (κ2) is 7.01. The first-order valence-electron chi connectivity index (χ1n) is 6.11. The van der Waals surface area contributed by atoms with Crippen LogP contribution in [0.2, 0.25) is 0 Å². The molecule has 0 aromatic heterocycles. The van der Waals surface area contributed by atoms with Gasteiger partial charge in [-0.15, -0.1) is 0 Å². The van der Waals surface area contributed by atoms with E-state index in [4.69, 9.17) is 15.6 Å². The topological polar surface area (TPSA) is 67.5 Å². The summed E-state index contributed by atoms with van der Waals surface area (Å²) in [6.45, 7) is 4.82. The predicted octanol–water partition coefficient (Wildman–Crippen LogP) is 2.24. The molecular formula is C13H22N2O2. The number of para-hydroxylation sites is 1. The molecule has 1 rings (SSSR count). The highest BCUT2D eigenvalue weighted by molar-refractivity contribution is 5.73. The molecule has 0 aliphatic rings. The Bertz CT molecular complexity index is 338. The quantitative estimate of drug-likeness (QED) is 0.637. The maximum Gasteiger partial charge on any atom is 0.144 e. The fraction of sp³-hybridized carbons (Fsp3) is 0.538. The van der Waals surface area contributed by atoms with E-state index in [1.54, 1.807) is 0 Å². The number of rotatable bonds is 7. The van der Waals surface area contributed by atoms with E-state index in [0.717, 1.165) is 18.5 Å². The first-order valence-corrected chi connectivity index (χ1v) is 6.11. The number of hydrogen-bond acceptors (Lipinski definition) is 4. The van der Waals surface area contributed by atoms with Gasteiger partial charge in [0.25, 0.3) is 0 Å². The van der Waals surface area contributed by atoms with Gasteiger partial charge in [-0.3, -0.25) is 0 Å². The van der Waals surface area contributed by atoms with Crippen molar-refractivity contribution in [1.29, 1.82) is 0 Å². The Balaban J connectivity index is 2.78. The summed E-state index contributed by atoms with van der Waals surface area (Å²) in [4.78, 5) is 0. The van der Waals surface area contributed by atoms with Gasteiger partial charge in [-0.2, -0.15) is 0 Å². The second-order valence-corrected chi connectivity index (χ2v) is 4.00. The SMILES string of the molecule is CCCOc1cccc(NC(CC)CO)c1N. The number of aliphatic hydroxyl groups is 1. The Kier molecular flexibility index (Phi) is 5.63. The van der Waals surface area contributed by atoms with Gasteiger partial charge in [-0.1, -0.05) is 19.9 Å². The zero-order valence-electron chi connectivity index (χ0n) is 10.6. The number of anilines is 2. The summed E-state index contributed by atoms with van der Waals surface area (Å²) in [7, 11) is 0. The maximum absolute atomic E-state index is 9.15. The van der Waals surface area contributed by atoms with Crippen molar-refractivity contribution in [3.8, 4) is 5.75 Å². The van der Waals surface area contributed by atoms with Crippen molar-refractivity contribution < 1.29 is 9.84 Å². The Morgan fingerprint density at radius 1 is 1.41 bits per heavy atom.